The second-order valence-electron chi connectivity index (χ2n) is 5.73. The third kappa shape index (κ3) is 8.12. The molecule has 0 spiro atoms. The Hall–Kier alpha value is -1.43. The molecular formula is C16H28O6. The van der Waals surface area contributed by atoms with E-state index in [0.29, 0.717) is 6.42 Å². The van der Waals surface area contributed by atoms with Crippen LogP contribution < -0.4 is 0 Å². The van der Waals surface area contributed by atoms with Gasteiger partial charge < -0.3 is 14.6 Å². The number of carbonyl (C=O) groups excluding carboxylic acids is 3. The van der Waals surface area contributed by atoms with Crippen molar-refractivity contribution < 1.29 is 29.0 Å². The van der Waals surface area contributed by atoms with Gasteiger partial charge in [0.2, 0.25) is 5.60 Å². The fourth-order valence-corrected chi connectivity index (χ4v) is 1.98. The lowest BCUT2D eigenvalue weighted by Gasteiger charge is -2.27. The van der Waals surface area contributed by atoms with E-state index in [-0.39, 0.29) is 6.42 Å². The maximum absolute atomic E-state index is 12.0. The van der Waals surface area contributed by atoms with E-state index in [1.807, 2.05) is 0 Å². The van der Waals surface area contributed by atoms with Crippen molar-refractivity contribution in [1.82, 2.24) is 0 Å². The van der Waals surface area contributed by atoms with Crippen LogP contribution in [0.5, 0.6) is 0 Å². The molecule has 0 aliphatic carbocycles. The lowest BCUT2D eigenvalue weighted by molar-refractivity contribution is -0.188. The summed E-state index contributed by atoms with van der Waals surface area (Å²) >= 11 is 0. The predicted molar refractivity (Wildman–Crippen MR) is 80.9 cm³/mol. The number of carbonyl (C=O) groups is 3. The standard InChI is InChI=1S/C16H28O6/c1-5-6-7-8-9-10-11-16(4,15(20)21-13(3)18)22-14(19)12(2)17/h12,17H,5-11H2,1-4H3. The van der Waals surface area contributed by atoms with E-state index < -0.39 is 29.6 Å². The zero-order valence-corrected chi connectivity index (χ0v) is 14.0. The highest BCUT2D eigenvalue weighted by Crippen LogP contribution is 2.23. The summed E-state index contributed by atoms with van der Waals surface area (Å²) in [5.74, 6) is -2.57. The van der Waals surface area contributed by atoms with Crippen LogP contribution in [0.1, 0.15) is 72.6 Å². The summed E-state index contributed by atoms with van der Waals surface area (Å²) < 4.78 is 9.63. The van der Waals surface area contributed by atoms with Gasteiger partial charge >= 0.3 is 17.9 Å². The van der Waals surface area contributed by atoms with Crippen molar-refractivity contribution in [3.05, 3.63) is 0 Å². The Kier molecular flexibility index (Phi) is 9.65. The highest BCUT2D eigenvalue weighted by Gasteiger charge is 2.40. The summed E-state index contributed by atoms with van der Waals surface area (Å²) in [6.07, 6.45) is 4.96. The monoisotopic (exact) mass is 316 g/mol. The van der Waals surface area contributed by atoms with Crippen molar-refractivity contribution in [2.75, 3.05) is 0 Å². The van der Waals surface area contributed by atoms with E-state index in [9.17, 15) is 19.5 Å². The van der Waals surface area contributed by atoms with E-state index in [4.69, 9.17) is 4.74 Å². The van der Waals surface area contributed by atoms with E-state index in [1.54, 1.807) is 0 Å². The second kappa shape index (κ2) is 10.3. The summed E-state index contributed by atoms with van der Waals surface area (Å²) in [4.78, 5) is 34.5. The molecule has 0 heterocycles. The van der Waals surface area contributed by atoms with Crippen LogP contribution in [0.4, 0.5) is 0 Å². The van der Waals surface area contributed by atoms with Gasteiger partial charge in [-0.15, -0.1) is 0 Å². The van der Waals surface area contributed by atoms with Crippen molar-refractivity contribution in [2.45, 2.75) is 84.3 Å². The van der Waals surface area contributed by atoms with Crippen molar-refractivity contribution in [3.63, 3.8) is 0 Å². The first-order valence-corrected chi connectivity index (χ1v) is 7.86. The largest absolute Gasteiger partial charge is 0.445 e. The van der Waals surface area contributed by atoms with E-state index in [1.165, 1.54) is 20.3 Å². The topological polar surface area (TPSA) is 89.9 Å². The van der Waals surface area contributed by atoms with Crippen molar-refractivity contribution in [2.24, 2.45) is 0 Å². The molecule has 2 unspecified atom stereocenters. The molecular weight excluding hydrogens is 288 g/mol. The first kappa shape index (κ1) is 20.6. The quantitative estimate of drug-likeness (QED) is 0.378. The molecule has 0 aromatic heterocycles. The molecule has 0 fully saturated rings. The molecule has 6 heteroatoms. The molecule has 6 nitrogen and oxygen atoms in total. The number of ether oxygens (including phenoxy) is 2. The van der Waals surface area contributed by atoms with Crippen LogP contribution >= 0.6 is 0 Å². The number of hydrogen-bond acceptors (Lipinski definition) is 6. The maximum atomic E-state index is 12.0. The molecule has 128 valence electrons. The van der Waals surface area contributed by atoms with Crippen LogP contribution in [0.15, 0.2) is 0 Å². The summed E-state index contributed by atoms with van der Waals surface area (Å²) in [6, 6.07) is 0. The Labute approximate surface area is 132 Å². The average Bonchev–Trinajstić information content (AvgIpc) is 2.41. The molecule has 0 amide bonds. The highest BCUT2D eigenvalue weighted by molar-refractivity contribution is 5.91. The zero-order valence-electron chi connectivity index (χ0n) is 14.0. The van der Waals surface area contributed by atoms with Crippen LogP contribution in [-0.2, 0) is 23.9 Å². The number of hydrogen-bond donors (Lipinski definition) is 1. The number of esters is 3. The van der Waals surface area contributed by atoms with Gasteiger partial charge in [-0.05, 0) is 26.7 Å². The lowest BCUT2D eigenvalue weighted by Crippen LogP contribution is -2.44. The van der Waals surface area contributed by atoms with E-state index in [2.05, 4.69) is 11.7 Å². The van der Waals surface area contributed by atoms with Crippen LogP contribution in [0.3, 0.4) is 0 Å². The zero-order chi connectivity index (χ0) is 17.2. The lowest BCUT2D eigenvalue weighted by atomic mass is 9.97. The number of rotatable bonds is 10. The van der Waals surface area contributed by atoms with Crippen molar-refractivity contribution >= 4 is 17.9 Å². The van der Waals surface area contributed by atoms with Gasteiger partial charge in [-0.2, -0.15) is 0 Å². The van der Waals surface area contributed by atoms with Crippen LogP contribution in [-0.4, -0.2) is 34.7 Å². The number of unbranched alkanes of at least 4 members (excludes halogenated alkanes) is 5. The van der Waals surface area contributed by atoms with Gasteiger partial charge in [-0.1, -0.05) is 39.0 Å². The summed E-state index contributed by atoms with van der Waals surface area (Å²) in [5, 5.41) is 9.22. The fraction of sp³-hybridized carbons (Fsp3) is 0.812. The third-order valence-corrected chi connectivity index (χ3v) is 3.34. The number of aliphatic hydroxyl groups excluding tert-OH is 1. The first-order chi connectivity index (χ1) is 10.2. The highest BCUT2D eigenvalue weighted by atomic mass is 16.6. The van der Waals surface area contributed by atoms with E-state index >= 15 is 0 Å². The Morgan fingerprint density at radius 1 is 1.09 bits per heavy atom. The summed E-state index contributed by atoms with van der Waals surface area (Å²) in [7, 11) is 0. The Bertz CT molecular complexity index is 377. The van der Waals surface area contributed by atoms with Gasteiger partial charge in [0.15, 0.2) is 0 Å². The molecule has 22 heavy (non-hydrogen) atoms. The Morgan fingerprint density at radius 2 is 1.64 bits per heavy atom. The summed E-state index contributed by atoms with van der Waals surface area (Å²) in [6.45, 7) is 5.90. The smallest absolute Gasteiger partial charge is 0.357 e. The fourth-order valence-electron chi connectivity index (χ4n) is 1.98. The van der Waals surface area contributed by atoms with Gasteiger partial charge in [-0.25, -0.2) is 9.59 Å². The minimum atomic E-state index is -1.55. The van der Waals surface area contributed by atoms with Gasteiger partial charge in [0.1, 0.15) is 6.10 Å². The van der Waals surface area contributed by atoms with Gasteiger partial charge in [0.05, 0.1) is 0 Å². The Balaban J connectivity index is 4.61. The van der Waals surface area contributed by atoms with Gasteiger partial charge in [0, 0.05) is 6.92 Å². The molecule has 0 aromatic carbocycles. The minimum Gasteiger partial charge on any atom is -0.445 e. The molecule has 0 saturated carbocycles. The van der Waals surface area contributed by atoms with Gasteiger partial charge in [0.25, 0.3) is 0 Å². The molecule has 0 rings (SSSR count). The van der Waals surface area contributed by atoms with E-state index in [0.717, 1.165) is 32.6 Å². The third-order valence-electron chi connectivity index (χ3n) is 3.34. The molecule has 0 aliphatic rings. The van der Waals surface area contributed by atoms with Crippen LogP contribution in [0.2, 0.25) is 0 Å². The number of aliphatic hydroxyl groups is 1. The second-order valence-corrected chi connectivity index (χ2v) is 5.73. The van der Waals surface area contributed by atoms with Crippen LogP contribution in [0.25, 0.3) is 0 Å². The molecule has 0 bridgehead atoms. The normalized spacial score (nSPS) is 14.8. The molecule has 0 aromatic rings. The molecule has 0 aliphatic heterocycles. The molecule has 1 N–H and O–H groups in total. The molecule has 0 radical (unpaired) electrons. The van der Waals surface area contributed by atoms with Crippen molar-refractivity contribution in [1.29, 1.82) is 0 Å². The Morgan fingerprint density at radius 3 is 2.14 bits per heavy atom. The SMILES string of the molecule is CCCCCCCCC(C)(OC(=O)C(C)O)C(=O)OC(C)=O. The minimum absolute atomic E-state index is 0.254. The van der Waals surface area contributed by atoms with Gasteiger partial charge in [-0.3, -0.25) is 4.79 Å². The first-order valence-electron chi connectivity index (χ1n) is 7.86. The van der Waals surface area contributed by atoms with Crippen LogP contribution in [0, 0.1) is 0 Å². The molecule has 0 saturated heterocycles. The average molecular weight is 316 g/mol. The maximum Gasteiger partial charge on any atom is 0.357 e. The van der Waals surface area contributed by atoms with Crippen molar-refractivity contribution in [3.8, 4) is 0 Å². The summed E-state index contributed by atoms with van der Waals surface area (Å²) in [5.41, 5.74) is -1.55. The predicted octanol–water partition coefficient (Wildman–Crippen LogP) is 2.51. The molecule has 2 atom stereocenters.